The number of allylic oxidation sites excluding steroid dienone is 1. The van der Waals surface area contributed by atoms with Gasteiger partial charge in [0.2, 0.25) is 0 Å². The zero-order chi connectivity index (χ0) is 18.2. The molecule has 1 N–H and O–H groups in total. The summed E-state index contributed by atoms with van der Waals surface area (Å²) in [5, 5.41) is 18.3. The van der Waals surface area contributed by atoms with Gasteiger partial charge in [0.15, 0.2) is 5.78 Å². The normalized spacial score (nSPS) is 19.8. The van der Waals surface area contributed by atoms with Gasteiger partial charge in [-0.1, -0.05) is 63.7 Å². The number of hydrogen-bond donors (Lipinski definition) is 1. The van der Waals surface area contributed by atoms with Gasteiger partial charge in [-0.15, -0.1) is 21.5 Å². The minimum atomic E-state index is -0.581. The van der Waals surface area contributed by atoms with Gasteiger partial charge >= 0.3 is 0 Å². The third-order valence-electron chi connectivity index (χ3n) is 4.09. The fourth-order valence-electron chi connectivity index (χ4n) is 2.57. The van der Waals surface area contributed by atoms with E-state index in [0.29, 0.717) is 15.0 Å². The van der Waals surface area contributed by atoms with Crippen LogP contribution in [0.1, 0.15) is 54.8 Å². The molecule has 0 unspecified atom stereocenters. The van der Waals surface area contributed by atoms with Crippen molar-refractivity contribution in [1.29, 1.82) is 5.41 Å². The molecular formula is C19H21N3OS2. The van der Waals surface area contributed by atoms with Crippen LogP contribution in [-0.4, -0.2) is 21.0 Å². The van der Waals surface area contributed by atoms with Crippen molar-refractivity contribution in [1.82, 2.24) is 10.2 Å². The summed E-state index contributed by atoms with van der Waals surface area (Å²) in [7, 11) is 0. The Morgan fingerprint density at radius 1 is 1.20 bits per heavy atom. The molecule has 0 bridgehead atoms. The fraction of sp³-hybridized carbons (Fsp3) is 0.368. The molecule has 0 saturated carbocycles. The number of aromatic nitrogens is 2. The van der Waals surface area contributed by atoms with E-state index < -0.39 is 5.92 Å². The average Bonchev–Trinajstić information content (AvgIpc) is 3.12. The Morgan fingerprint density at radius 2 is 1.88 bits per heavy atom. The summed E-state index contributed by atoms with van der Waals surface area (Å²) in [5.74, 6) is -0.628. The number of ketones is 1. The van der Waals surface area contributed by atoms with Crippen LogP contribution in [0.4, 0.5) is 0 Å². The van der Waals surface area contributed by atoms with Crippen molar-refractivity contribution in [3.63, 3.8) is 0 Å². The molecule has 25 heavy (non-hydrogen) atoms. The van der Waals surface area contributed by atoms with Gasteiger partial charge in [0.1, 0.15) is 15.9 Å². The van der Waals surface area contributed by atoms with Crippen LogP contribution in [0.15, 0.2) is 29.2 Å². The summed E-state index contributed by atoms with van der Waals surface area (Å²) in [4.78, 5) is 13.4. The van der Waals surface area contributed by atoms with Crippen molar-refractivity contribution in [2.75, 3.05) is 0 Å². The maximum atomic E-state index is 12.8. The molecule has 1 aromatic carbocycles. The Morgan fingerprint density at radius 3 is 2.44 bits per heavy atom. The van der Waals surface area contributed by atoms with Gasteiger partial charge in [-0.3, -0.25) is 10.2 Å². The molecule has 1 saturated heterocycles. The van der Waals surface area contributed by atoms with Crippen LogP contribution in [-0.2, 0) is 16.6 Å². The fourth-order valence-corrected chi connectivity index (χ4v) is 4.52. The van der Waals surface area contributed by atoms with Crippen molar-refractivity contribution in [2.24, 2.45) is 0 Å². The molecule has 4 nitrogen and oxygen atoms in total. The molecule has 0 amide bonds. The van der Waals surface area contributed by atoms with Crippen LogP contribution in [0.5, 0.6) is 0 Å². The number of thioether (sulfide) groups is 1. The monoisotopic (exact) mass is 371 g/mol. The molecule has 1 aliphatic heterocycles. The highest BCUT2D eigenvalue weighted by Gasteiger charge is 2.39. The van der Waals surface area contributed by atoms with Crippen LogP contribution in [0, 0.1) is 5.41 Å². The topological polar surface area (TPSA) is 66.7 Å². The predicted molar refractivity (Wildman–Crippen MR) is 105 cm³/mol. The lowest BCUT2D eigenvalue weighted by Gasteiger charge is -2.18. The zero-order valence-corrected chi connectivity index (χ0v) is 16.4. The van der Waals surface area contributed by atoms with Gasteiger partial charge in [0.05, 0.1) is 9.95 Å². The summed E-state index contributed by atoms with van der Waals surface area (Å²) in [6, 6.07) is 8.24. The highest BCUT2D eigenvalue weighted by molar-refractivity contribution is 8.19. The number of Topliss-reactive ketones (excluding diaryl/α,β-unsaturated/α-hetero) is 1. The van der Waals surface area contributed by atoms with Crippen LogP contribution >= 0.6 is 23.1 Å². The Kier molecular flexibility index (Phi) is 4.93. The van der Waals surface area contributed by atoms with Crippen molar-refractivity contribution < 1.29 is 4.79 Å². The second kappa shape index (κ2) is 6.84. The summed E-state index contributed by atoms with van der Waals surface area (Å²) >= 11 is 2.66. The van der Waals surface area contributed by atoms with Gasteiger partial charge in [0.25, 0.3) is 0 Å². The zero-order valence-electron chi connectivity index (χ0n) is 14.8. The molecule has 1 aromatic heterocycles. The first-order valence-corrected chi connectivity index (χ1v) is 9.88. The van der Waals surface area contributed by atoms with E-state index in [9.17, 15) is 4.79 Å². The first-order valence-electron chi connectivity index (χ1n) is 8.24. The van der Waals surface area contributed by atoms with Crippen LogP contribution in [0.2, 0.25) is 0 Å². The molecule has 0 radical (unpaired) electrons. The SMILES string of the molecule is CCc1nnc([C@@H]2C(=N)S/C(=C\c3ccc(C(C)(C)C)cc3)C2=O)s1. The van der Waals surface area contributed by atoms with Crippen molar-refractivity contribution >= 4 is 40.0 Å². The lowest BCUT2D eigenvalue weighted by molar-refractivity contribution is -0.114. The Balaban J connectivity index is 1.85. The van der Waals surface area contributed by atoms with E-state index in [1.54, 1.807) is 0 Å². The lowest BCUT2D eigenvalue weighted by atomic mass is 9.86. The van der Waals surface area contributed by atoms with E-state index in [1.165, 1.54) is 28.7 Å². The number of carbonyl (C=O) groups is 1. The smallest absolute Gasteiger partial charge is 0.186 e. The molecule has 1 fully saturated rings. The van der Waals surface area contributed by atoms with E-state index in [1.807, 2.05) is 25.1 Å². The number of aryl methyl sites for hydroxylation is 1. The molecule has 2 aromatic rings. The van der Waals surface area contributed by atoms with Gasteiger partial charge in [-0.05, 0) is 29.0 Å². The van der Waals surface area contributed by atoms with E-state index in [4.69, 9.17) is 5.41 Å². The van der Waals surface area contributed by atoms with E-state index in [0.717, 1.165) is 17.0 Å². The second-order valence-corrected chi connectivity index (χ2v) is 9.21. The summed E-state index contributed by atoms with van der Waals surface area (Å²) < 4.78 is 0. The quantitative estimate of drug-likeness (QED) is 0.786. The number of nitrogens with one attached hydrogen (secondary N) is 1. The first-order chi connectivity index (χ1) is 11.8. The number of benzene rings is 1. The van der Waals surface area contributed by atoms with Crippen molar-refractivity contribution in [3.8, 4) is 0 Å². The third kappa shape index (κ3) is 3.75. The lowest BCUT2D eigenvalue weighted by Crippen LogP contribution is -2.11. The molecular weight excluding hydrogens is 350 g/mol. The molecule has 1 aliphatic rings. The largest absolute Gasteiger partial charge is 0.297 e. The average molecular weight is 372 g/mol. The standard InChI is InChI=1S/C19H21N3OS2/c1-5-14-21-22-18(25-14)15-16(23)13(24-17(15)20)10-11-6-8-12(9-7-11)19(2,3)4/h6-10,15,20H,5H2,1-4H3/b13-10-,20-17?/t15-/m0/s1. The van der Waals surface area contributed by atoms with Crippen molar-refractivity contribution in [2.45, 2.75) is 45.4 Å². The van der Waals surface area contributed by atoms with Gasteiger partial charge < -0.3 is 0 Å². The summed E-state index contributed by atoms with van der Waals surface area (Å²) in [6.45, 7) is 8.54. The number of rotatable bonds is 3. The number of carbonyl (C=O) groups excluding carboxylic acids is 1. The van der Waals surface area contributed by atoms with Gasteiger partial charge in [-0.2, -0.15) is 0 Å². The molecule has 0 spiro atoms. The van der Waals surface area contributed by atoms with Gasteiger partial charge in [0, 0.05) is 0 Å². The summed E-state index contributed by atoms with van der Waals surface area (Å²) in [5.41, 5.74) is 2.33. The minimum Gasteiger partial charge on any atom is -0.297 e. The summed E-state index contributed by atoms with van der Waals surface area (Å²) in [6.07, 6.45) is 2.66. The van der Waals surface area contributed by atoms with Crippen LogP contribution in [0.25, 0.3) is 6.08 Å². The molecule has 6 heteroatoms. The third-order valence-corrected chi connectivity index (χ3v) is 6.22. The number of nitrogens with zero attached hydrogens (tertiary/aromatic N) is 2. The molecule has 3 rings (SSSR count). The van der Waals surface area contributed by atoms with Gasteiger partial charge in [-0.25, -0.2) is 0 Å². The van der Waals surface area contributed by atoms with Crippen molar-refractivity contribution in [3.05, 3.63) is 50.3 Å². The van der Waals surface area contributed by atoms with E-state index in [2.05, 4.69) is 43.1 Å². The Bertz CT molecular complexity index is 844. The van der Waals surface area contributed by atoms with Crippen LogP contribution in [0.3, 0.4) is 0 Å². The Hall–Kier alpha value is -1.79. The van der Waals surface area contributed by atoms with Crippen LogP contribution < -0.4 is 0 Å². The highest BCUT2D eigenvalue weighted by atomic mass is 32.2. The molecule has 2 heterocycles. The minimum absolute atomic E-state index is 0.0475. The maximum absolute atomic E-state index is 12.8. The number of hydrogen-bond acceptors (Lipinski definition) is 6. The maximum Gasteiger partial charge on any atom is 0.186 e. The molecule has 0 aliphatic carbocycles. The molecule has 1 atom stereocenters. The Labute approximate surface area is 156 Å². The highest BCUT2D eigenvalue weighted by Crippen LogP contribution is 2.41. The first kappa shape index (κ1) is 18.0. The van der Waals surface area contributed by atoms with E-state index in [-0.39, 0.29) is 11.2 Å². The van der Waals surface area contributed by atoms with E-state index >= 15 is 0 Å². The second-order valence-electron chi connectivity index (χ2n) is 7.03. The predicted octanol–water partition coefficient (Wildman–Crippen LogP) is 4.82. The molecule has 130 valence electrons.